The Morgan fingerprint density at radius 1 is 0.808 bits per heavy atom. The van der Waals surface area contributed by atoms with Gasteiger partial charge in [-0.25, -0.2) is 12.8 Å². The van der Waals surface area contributed by atoms with Crippen LogP contribution in [0.5, 0.6) is 0 Å². The van der Waals surface area contributed by atoms with Crippen LogP contribution >= 0.6 is 0 Å². The van der Waals surface area contributed by atoms with Crippen LogP contribution in [0.2, 0.25) is 0 Å². The van der Waals surface area contributed by atoms with Crippen molar-refractivity contribution >= 4 is 11.2 Å². The van der Waals surface area contributed by atoms with E-state index in [-0.39, 0.29) is 12.1 Å². The van der Waals surface area contributed by atoms with E-state index in [1.807, 2.05) is 24.5 Å². The number of pyridine rings is 2. The van der Waals surface area contributed by atoms with E-state index in [2.05, 4.69) is 30.7 Å². The number of nitrogens with zero attached hydrogens (tertiary/aromatic N) is 4. The number of aromatic nitrogens is 2. The van der Waals surface area contributed by atoms with Crippen LogP contribution < -0.4 is 0 Å². The van der Waals surface area contributed by atoms with E-state index in [0.29, 0.717) is 0 Å². The Kier molecular flexibility index (Phi) is 5.72. The fraction of sp³-hybridized carbons (Fsp3) is 0.500. The smallest absolute Gasteiger partial charge is 0.173 e. The lowest BCUT2D eigenvalue weighted by molar-refractivity contribution is 0.215. The molecule has 138 valence electrons. The molecule has 2 saturated heterocycles. The molecule has 2 atom stereocenters. The van der Waals surface area contributed by atoms with Crippen LogP contribution in [0, 0.1) is 0 Å². The van der Waals surface area contributed by atoms with Crippen LogP contribution in [0.4, 0.5) is 0 Å². The molecule has 0 radical (unpaired) electrons. The number of piperidine rings is 2. The summed E-state index contributed by atoms with van der Waals surface area (Å²) in [4.78, 5) is 8.56. The van der Waals surface area contributed by atoms with E-state index >= 15 is 0 Å². The largest absolute Gasteiger partial charge is 0.264 e. The monoisotopic (exact) mass is 370 g/mol. The molecule has 4 rings (SSSR count). The van der Waals surface area contributed by atoms with E-state index in [4.69, 9.17) is 0 Å². The molecule has 2 aromatic heterocycles. The Labute approximate surface area is 158 Å². The molecule has 0 saturated carbocycles. The third-order valence-corrected chi connectivity index (χ3v) is 7.12. The summed E-state index contributed by atoms with van der Waals surface area (Å²) >= 11 is -1.14. The van der Waals surface area contributed by atoms with Gasteiger partial charge in [0.2, 0.25) is 0 Å². The predicted molar refractivity (Wildman–Crippen MR) is 103 cm³/mol. The highest BCUT2D eigenvalue weighted by Crippen LogP contribution is 2.37. The van der Waals surface area contributed by atoms with Crippen molar-refractivity contribution in [2.24, 2.45) is 0 Å². The van der Waals surface area contributed by atoms with Gasteiger partial charge >= 0.3 is 0 Å². The number of hydrogen-bond acceptors (Lipinski definition) is 3. The highest BCUT2D eigenvalue weighted by atomic mass is 32.2. The molecule has 5 nitrogen and oxygen atoms in total. The molecular formula is C20H26N4OS. The van der Waals surface area contributed by atoms with Crippen LogP contribution in [-0.2, 0) is 11.2 Å². The Hall–Kier alpha value is -1.63. The van der Waals surface area contributed by atoms with Crippen molar-refractivity contribution in [3.8, 4) is 0 Å². The summed E-state index contributed by atoms with van der Waals surface area (Å²) in [7, 11) is 0. The molecule has 4 heterocycles. The molecule has 2 aliphatic heterocycles. The predicted octanol–water partition coefficient (Wildman–Crippen LogP) is 3.81. The summed E-state index contributed by atoms with van der Waals surface area (Å²) in [5.74, 6) is 0. The molecule has 0 aromatic carbocycles. The van der Waals surface area contributed by atoms with Crippen molar-refractivity contribution in [3.05, 3.63) is 60.2 Å². The van der Waals surface area contributed by atoms with Gasteiger partial charge in [0.15, 0.2) is 11.2 Å². The third-order valence-electron chi connectivity index (χ3n) is 5.45. The van der Waals surface area contributed by atoms with Gasteiger partial charge in [-0.2, -0.15) is 0 Å². The van der Waals surface area contributed by atoms with Crippen LogP contribution in [-0.4, -0.2) is 35.9 Å². The lowest BCUT2D eigenvalue weighted by atomic mass is 9.99. The number of hydrogen-bond donors (Lipinski definition) is 0. The first-order valence-corrected chi connectivity index (χ1v) is 10.7. The maximum Gasteiger partial charge on any atom is 0.173 e. The lowest BCUT2D eigenvalue weighted by Crippen LogP contribution is -2.46. The quantitative estimate of drug-likeness (QED) is 0.822. The summed E-state index contributed by atoms with van der Waals surface area (Å²) in [5.41, 5.74) is 2.35. The normalized spacial score (nSPS) is 26.5. The molecule has 0 aliphatic carbocycles. The summed E-state index contributed by atoms with van der Waals surface area (Å²) < 4.78 is 18.0. The molecule has 2 unspecified atom stereocenters. The molecular weight excluding hydrogens is 344 g/mol. The highest BCUT2D eigenvalue weighted by molar-refractivity contribution is 7.80. The first-order valence-electron chi connectivity index (χ1n) is 9.60. The molecule has 26 heavy (non-hydrogen) atoms. The first-order chi connectivity index (χ1) is 12.8. The highest BCUT2D eigenvalue weighted by Gasteiger charge is 2.36. The standard InChI is InChI=1S/C20H26N4OS/c25-26(23-13-3-1-9-19(23)17-7-5-11-21-15-17)24-14-4-2-10-20(24)18-8-6-12-22-16-18/h5-8,11-12,15-16,19-20H,1-4,9-10,13-14H2. The average molecular weight is 371 g/mol. The van der Waals surface area contributed by atoms with E-state index in [0.717, 1.165) is 38.8 Å². The van der Waals surface area contributed by atoms with Gasteiger partial charge in [0.05, 0.1) is 12.1 Å². The Morgan fingerprint density at radius 2 is 1.31 bits per heavy atom. The van der Waals surface area contributed by atoms with E-state index < -0.39 is 11.2 Å². The molecule has 0 amide bonds. The fourth-order valence-electron chi connectivity index (χ4n) is 4.13. The molecule has 0 bridgehead atoms. The lowest BCUT2D eigenvalue weighted by Gasteiger charge is -2.41. The average Bonchev–Trinajstić information content (AvgIpc) is 2.74. The van der Waals surface area contributed by atoms with E-state index in [1.165, 1.54) is 24.0 Å². The zero-order valence-corrected chi connectivity index (χ0v) is 15.9. The van der Waals surface area contributed by atoms with Gasteiger partial charge in [0, 0.05) is 37.9 Å². The molecule has 2 fully saturated rings. The van der Waals surface area contributed by atoms with Crippen molar-refractivity contribution < 1.29 is 4.21 Å². The van der Waals surface area contributed by atoms with Crippen LogP contribution in [0.25, 0.3) is 0 Å². The molecule has 2 aliphatic rings. The zero-order chi connectivity index (χ0) is 17.8. The molecule has 0 N–H and O–H groups in total. The Balaban J connectivity index is 1.59. The van der Waals surface area contributed by atoms with Gasteiger partial charge in [-0.05, 0) is 48.9 Å². The zero-order valence-electron chi connectivity index (χ0n) is 15.0. The summed E-state index contributed by atoms with van der Waals surface area (Å²) in [6.45, 7) is 1.75. The molecule has 2 aromatic rings. The minimum atomic E-state index is -1.14. The van der Waals surface area contributed by atoms with Gasteiger partial charge in [-0.3, -0.25) is 9.97 Å². The molecule has 6 heteroatoms. The SMILES string of the molecule is O=S(N1CCCCC1c1cccnc1)N1CCCCC1c1cccnc1. The van der Waals surface area contributed by atoms with Crippen LogP contribution in [0.15, 0.2) is 49.1 Å². The van der Waals surface area contributed by atoms with Crippen molar-refractivity contribution in [2.45, 2.75) is 50.6 Å². The second-order valence-corrected chi connectivity index (χ2v) is 8.51. The maximum absolute atomic E-state index is 13.6. The first kappa shape index (κ1) is 17.8. The van der Waals surface area contributed by atoms with Gasteiger partial charge in [0.1, 0.15) is 0 Å². The summed E-state index contributed by atoms with van der Waals surface area (Å²) in [5, 5.41) is 0. The number of rotatable bonds is 4. The van der Waals surface area contributed by atoms with Crippen molar-refractivity contribution in [2.75, 3.05) is 13.1 Å². The Morgan fingerprint density at radius 3 is 1.73 bits per heavy atom. The van der Waals surface area contributed by atoms with Crippen LogP contribution in [0.1, 0.15) is 61.7 Å². The minimum absolute atomic E-state index is 0.190. The van der Waals surface area contributed by atoms with Crippen molar-refractivity contribution in [1.29, 1.82) is 0 Å². The minimum Gasteiger partial charge on any atom is -0.264 e. The third kappa shape index (κ3) is 3.72. The van der Waals surface area contributed by atoms with Crippen molar-refractivity contribution in [1.82, 2.24) is 18.6 Å². The van der Waals surface area contributed by atoms with Crippen LogP contribution in [0.3, 0.4) is 0 Å². The maximum atomic E-state index is 13.6. The van der Waals surface area contributed by atoms with Gasteiger partial charge in [0.25, 0.3) is 0 Å². The summed E-state index contributed by atoms with van der Waals surface area (Å²) in [6, 6.07) is 8.56. The second kappa shape index (κ2) is 8.37. The van der Waals surface area contributed by atoms with Gasteiger partial charge < -0.3 is 0 Å². The van der Waals surface area contributed by atoms with E-state index in [1.54, 1.807) is 12.4 Å². The second-order valence-electron chi connectivity index (χ2n) is 7.11. The van der Waals surface area contributed by atoms with Gasteiger partial charge in [-0.1, -0.05) is 25.0 Å². The Bertz CT molecular complexity index is 666. The molecule has 0 spiro atoms. The summed E-state index contributed by atoms with van der Waals surface area (Å²) in [6.07, 6.45) is 14.1. The fourth-order valence-corrected chi connectivity index (χ4v) is 5.86. The topological polar surface area (TPSA) is 49.3 Å². The van der Waals surface area contributed by atoms with Crippen molar-refractivity contribution in [3.63, 3.8) is 0 Å². The van der Waals surface area contributed by atoms with E-state index in [9.17, 15) is 4.21 Å². The van der Waals surface area contributed by atoms with Gasteiger partial charge in [-0.15, -0.1) is 0 Å².